The normalized spacial score (nSPS) is 16.8. The van der Waals surface area contributed by atoms with Gasteiger partial charge in [-0.1, -0.05) is 0 Å². The Morgan fingerprint density at radius 3 is 2.88 bits per heavy atom. The summed E-state index contributed by atoms with van der Waals surface area (Å²) < 4.78 is 5.16. The third-order valence-corrected chi connectivity index (χ3v) is 5.35. The molecule has 2 heterocycles. The summed E-state index contributed by atoms with van der Waals surface area (Å²) in [4.78, 5) is 17.3. The maximum atomic E-state index is 12.3. The minimum atomic E-state index is -0.0315. The van der Waals surface area contributed by atoms with Crippen LogP contribution in [0.1, 0.15) is 28.9 Å². The molecule has 0 aliphatic carbocycles. The molecule has 1 unspecified atom stereocenters. The van der Waals surface area contributed by atoms with Gasteiger partial charge in [0.2, 0.25) is 0 Å². The molecular formula is C18H24ClN3O2S. The second kappa shape index (κ2) is 9.75. The fraction of sp³-hybridized carbons (Fsp3) is 0.444. The maximum Gasteiger partial charge on any atom is 0.263 e. The van der Waals surface area contributed by atoms with Crippen molar-refractivity contribution in [3.8, 4) is 16.3 Å². The third-order valence-electron chi connectivity index (χ3n) is 4.30. The number of carbonyl (C=O) groups excluding carboxylic acids is 1. The van der Waals surface area contributed by atoms with Crippen LogP contribution in [0.25, 0.3) is 10.6 Å². The molecule has 7 heteroatoms. The molecule has 3 rings (SSSR count). The number of ether oxygens (including phenoxy) is 1. The van der Waals surface area contributed by atoms with E-state index in [1.165, 1.54) is 24.2 Å². The highest BCUT2D eigenvalue weighted by Crippen LogP contribution is 2.26. The van der Waals surface area contributed by atoms with E-state index in [9.17, 15) is 4.79 Å². The number of piperidine rings is 1. The summed E-state index contributed by atoms with van der Waals surface area (Å²) in [7, 11) is 1.64. The van der Waals surface area contributed by atoms with Gasteiger partial charge < -0.3 is 15.4 Å². The van der Waals surface area contributed by atoms with Crippen LogP contribution < -0.4 is 15.4 Å². The number of nitrogens with zero attached hydrogens (tertiary/aromatic N) is 1. The van der Waals surface area contributed by atoms with Crippen LogP contribution in [0.5, 0.6) is 5.75 Å². The molecule has 1 atom stereocenters. The van der Waals surface area contributed by atoms with Gasteiger partial charge in [-0.2, -0.15) is 0 Å². The standard InChI is InChI=1S/C18H23N3O2S.ClH/c1-23-15-6-4-14(5-7-15)18-21-12-16(24-18)17(22)20-10-8-13-3-2-9-19-11-13;/h4-7,12-13,19H,2-3,8-11H2,1H3,(H,20,22);1H. The topological polar surface area (TPSA) is 63.2 Å². The molecule has 1 aromatic carbocycles. The first-order chi connectivity index (χ1) is 11.8. The number of aromatic nitrogens is 1. The van der Waals surface area contributed by atoms with E-state index in [4.69, 9.17) is 4.74 Å². The Morgan fingerprint density at radius 2 is 2.20 bits per heavy atom. The van der Waals surface area contributed by atoms with E-state index in [-0.39, 0.29) is 18.3 Å². The number of amides is 1. The van der Waals surface area contributed by atoms with Gasteiger partial charge in [-0.25, -0.2) is 4.98 Å². The van der Waals surface area contributed by atoms with Crippen molar-refractivity contribution in [2.45, 2.75) is 19.3 Å². The summed E-state index contributed by atoms with van der Waals surface area (Å²) >= 11 is 1.42. The van der Waals surface area contributed by atoms with Crippen molar-refractivity contribution in [2.24, 2.45) is 5.92 Å². The first-order valence-corrected chi connectivity index (χ1v) is 9.17. The Kier molecular flexibility index (Phi) is 7.68. The van der Waals surface area contributed by atoms with Crippen LogP contribution in [-0.4, -0.2) is 37.6 Å². The second-order valence-electron chi connectivity index (χ2n) is 6.02. The van der Waals surface area contributed by atoms with Crippen molar-refractivity contribution in [1.82, 2.24) is 15.6 Å². The molecule has 1 aliphatic heterocycles. The first-order valence-electron chi connectivity index (χ1n) is 8.35. The van der Waals surface area contributed by atoms with Gasteiger partial charge in [-0.15, -0.1) is 23.7 Å². The molecule has 1 aliphatic rings. The highest BCUT2D eigenvalue weighted by atomic mass is 35.5. The number of benzene rings is 1. The SMILES string of the molecule is COc1ccc(-c2ncc(C(=O)NCCC3CCCNC3)s2)cc1.Cl. The lowest BCUT2D eigenvalue weighted by atomic mass is 9.96. The van der Waals surface area contributed by atoms with Gasteiger partial charge in [0.05, 0.1) is 13.3 Å². The molecule has 1 aromatic heterocycles. The van der Waals surface area contributed by atoms with Gasteiger partial charge in [-0.3, -0.25) is 4.79 Å². The first kappa shape index (κ1) is 19.7. The molecule has 0 bridgehead atoms. The molecule has 1 amide bonds. The number of nitrogens with one attached hydrogen (secondary N) is 2. The quantitative estimate of drug-likeness (QED) is 0.805. The average molecular weight is 382 g/mol. The number of carbonyl (C=O) groups is 1. The molecule has 2 N–H and O–H groups in total. The molecular weight excluding hydrogens is 358 g/mol. The Labute approximate surface area is 158 Å². The van der Waals surface area contributed by atoms with Gasteiger partial charge in [-0.05, 0) is 62.5 Å². The predicted octanol–water partition coefficient (Wildman–Crippen LogP) is 3.36. The number of hydrogen-bond acceptors (Lipinski definition) is 5. The fourth-order valence-corrected chi connectivity index (χ4v) is 3.73. The van der Waals surface area contributed by atoms with Crippen molar-refractivity contribution >= 4 is 29.7 Å². The van der Waals surface area contributed by atoms with E-state index < -0.39 is 0 Å². The summed E-state index contributed by atoms with van der Waals surface area (Å²) in [6, 6.07) is 7.70. The van der Waals surface area contributed by atoms with Crippen LogP contribution >= 0.6 is 23.7 Å². The molecule has 0 radical (unpaired) electrons. The zero-order valence-electron chi connectivity index (χ0n) is 14.3. The summed E-state index contributed by atoms with van der Waals surface area (Å²) in [6.07, 6.45) is 5.17. The molecule has 25 heavy (non-hydrogen) atoms. The minimum Gasteiger partial charge on any atom is -0.497 e. The van der Waals surface area contributed by atoms with E-state index in [0.29, 0.717) is 10.8 Å². The largest absolute Gasteiger partial charge is 0.497 e. The van der Waals surface area contributed by atoms with Crippen molar-refractivity contribution in [2.75, 3.05) is 26.7 Å². The molecule has 1 saturated heterocycles. The second-order valence-corrected chi connectivity index (χ2v) is 7.05. The predicted molar refractivity (Wildman–Crippen MR) is 104 cm³/mol. The van der Waals surface area contributed by atoms with E-state index in [0.717, 1.165) is 42.4 Å². The lowest BCUT2D eigenvalue weighted by Gasteiger charge is -2.22. The summed E-state index contributed by atoms with van der Waals surface area (Å²) in [6.45, 7) is 2.91. The molecule has 5 nitrogen and oxygen atoms in total. The van der Waals surface area contributed by atoms with Crippen molar-refractivity contribution in [1.29, 1.82) is 0 Å². The number of rotatable bonds is 6. The van der Waals surface area contributed by atoms with Gasteiger partial charge in [0, 0.05) is 12.1 Å². The Hall–Kier alpha value is -1.63. The van der Waals surface area contributed by atoms with Crippen LogP contribution in [0.3, 0.4) is 0 Å². The average Bonchev–Trinajstić information content (AvgIpc) is 3.13. The zero-order valence-corrected chi connectivity index (χ0v) is 15.9. The third kappa shape index (κ3) is 5.42. The van der Waals surface area contributed by atoms with Gasteiger partial charge in [0.25, 0.3) is 5.91 Å². The van der Waals surface area contributed by atoms with E-state index in [1.54, 1.807) is 13.3 Å². The monoisotopic (exact) mass is 381 g/mol. The number of halogens is 1. The van der Waals surface area contributed by atoms with Crippen molar-refractivity contribution < 1.29 is 9.53 Å². The van der Waals surface area contributed by atoms with Gasteiger partial charge in [0.15, 0.2) is 0 Å². The highest BCUT2D eigenvalue weighted by molar-refractivity contribution is 7.16. The van der Waals surface area contributed by atoms with Crippen LogP contribution in [0.4, 0.5) is 0 Å². The molecule has 0 saturated carbocycles. The van der Waals surface area contributed by atoms with Crippen LogP contribution in [0.2, 0.25) is 0 Å². The van der Waals surface area contributed by atoms with Gasteiger partial charge >= 0.3 is 0 Å². The van der Waals surface area contributed by atoms with Crippen LogP contribution in [0, 0.1) is 5.92 Å². The fourth-order valence-electron chi connectivity index (χ4n) is 2.89. The molecule has 1 fully saturated rings. The highest BCUT2D eigenvalue weighted by Gasteiger charge is 2.15. The molecule has 2 aromatic rings. The Bertz CT molecular complexity index is 669. The van der Waals surface area contributed by atoms with Gasteiger partial charge in [0.1, 0.15) is 15.6 Å². The summed E-state index contributed by atoms with van der Waals surface area (Å²) in [5.41, 5.74) is 0.994. The molecule has 0 spiro atoms. The van der Waals surface area contributed by atoms with E-state index >= 15 is 0 Å². The Morgan fingerprint density at radius 1 is 1.40 bits per heavy atom. The van der Waals surface area contributed by atoms with E-state index in [2.05, 4.69) is 15.6 Å². The van der Waals surface area contributed by atoms with Crippen LogP contribution in [-0.2, 0) is 0 Å². The lowest BCUT2D eigenvalue weighted by molar-refractivity contribution is 0.0954. The van der Waals surface area contributed by atoms with Crippen molar-refractivity contribution in [3.05, 3.63) is 35.3 Å². The molecule has 136 valence electrons. The summed E-state index contributed by atoms with van der Waals surface area (Å²) in [5.74, 6) is 1.46. The number of thiazole rings is 1. The van der Waals surface area contributed by atoms with E-state index in [1.807, 2.05) is 24.3 Å². The number of hydrogen-bond donors (Lipinski definition) is 2. The number of methoxy groups -OCH3 is 1. The Balaban J connectivity index is 0.00000225. The smallest absolute Gasteiger partial charge is 0.263 e. The van der Waals surface area contributed by atoms with Crippen LogP contribution in [0.15, 0.2) is 30.5 Å². The zero-order chi connectivity index (χ0) is 16.8. The minimum absolute atomic E-state index is 0. The maximum absolute atomic E-state index is 12.3. The lowest BCUT2D eigenvalue weighted by Crippen LogP contribution is -2.33. The van der Waals surface area contributed by atoms with Crippen molar-refractivity contribution in [3.63, 3.8) is 0 Å². The summed E-state index contributed by atoms with van der Waals surface area (Å²) in [5, 5.41) is 7.26.